The molecule has 77 valence electrons. The van der Waals surface area contributed by atoms with Crippen LogP contribution in [0, 0.1) is 6.92 Å². The second kappa shape index (κ2) is 3.53. The average Bonchev–Trinajstić information content (AvgIpc) is 2.73. The smallest absolute Gasteiger partial charge is 0.0467 e. The molecule has 0 atom stereocenters. The van der Waals surface area contributed by atoms with Gasteiger partial charge in [0, 0.05) is 22.2 Å². The van der Waals surface area contributed by atoms with Gasteiger partial charge in [-0.2, -0.15) is 0 Å². The quantitative estimate of drug-likeness (QED) is 0.619. The van der Waals surface area contributed by atoms with Crippen LogP contribution in [0.1, 0.15) is 5.56 Å². The maximum Gasteiger partial charge on any atom is 0.0467 e. The SMILES string of the molecule is [CH2]c1ccccc1-c1cc2ccccc2[nH]1. The molecular formula is C15H12N. The van der Waals surface area contributed by atoms with Crippen LogP contribution in [0.2, 0.25) is 0 Å². The van der Waals surface area contributed by atoms with Crippen LogP contribution in [-0.2, 0) is 0 Å². The lowest BCUT2D eigenvalue weighted by atomic mass is 10.1. The van der Waals surface area contributed by atoms with Crippen molar-refractivity contribution in [3.63, 3.8) is 0 Å². The topological polar surface area (TPSA) is 15.8 Å². The molecule has 1 nitrogen and oxygen atoms in total. The van der Waals surface area contributed by atoms with Crippen molar-refractivity contribution in [2.75, 3.05) is 0 Å². The highest BCUT2D eigenvalue weighted by Crippen LogP contribution is 2.26. The molecule has 1 heteroatoms. The van der Waals surface area contributed by atoms with Gasteiger partial charge in [0.25, 0.3) is 0 Å². The van der Waals surface area contributed by atoms with Gasteiger partial charge in [-0.25, -0.2) is 0 Å². The van der Waals surface area contributed by atoms with Crippen LogP contribution in [0.15, 0.2) is 54.6 Å². The minimum atomic E-state index is 1.05. The zero-order valence-corrected chi connectivity index (χ0v) is 8.90. The van der Waals surface area contributed by atoms with Crippen molar-refractivity contribution in [3.8, 4) is 11.3 Å². The number of hydrogen-bond donors (Lipinski definition) is 1. The van der Waals surface area contributed by atoms with Crippen LogP contribution >= 0.6 is 0 Å². The lowest BCUT2D eigenvalue weighted by Gasteiger charge is -2.01. The van der Waals surface area contributed by atoms with Crippen molar-refractivity contribution in [1.82, 2.24) is 4.98 Å². The van der Waals surface area contributed by atoms with Gasteiger partial charge in [-0.05, 0) is 24.6 Å². The zero-order chi connectivity index (χ0) is 11.0. The number of H-pyrrole nitrogens is 1. The van der Waals surface area contributed by atoms with E-state index in [9.17, 15) is 0 Å². The number of benzene rings is 2. The Morgan fingerprint density at radius 1 is 0.875 bits per heavy atom. The van der Waals surface area contributed by atoms with Crippen molar-refractivity contribution in [2.45, 2.75) is 0 Å². The van der Waals surface area contributed by atoms with Crippen molar-refractivity contribution in [1.29, 1.82) is 0 Å². The third kappa shape index (κ3) is 1.41. The van der Waals surface area contributed by atoms with E-state index in [4.69, 9.17) is 0 Å². The first kappa shape index (κ1) is 9.22. The minimum Gasteiger partial charge on any atom is -0.355 e. The molecule has 1 heterocycles. The summed E-state index contributed by atoms with van der Waals surface area (Å²) in [5.74, 6) is 0. The molecule has 1 N–H and O–H groups in total. The molecule has 0 saturated carbocycles. The van der Waals surface area contributed by atoms with E-state index in [0.717, 1.165) is 11.3 Å². The number of nitrogens with one attached hydrogen (secondary N) is 1. The molecule has 3 aromatic rings. The number of rotatable bonds is 1. The maximum atomic E-state index is 4.05. The van der Waals surface area contributed by atoms with Crippen molar-refractivity contribution in [2.24, 2.45) is 0 Å². The van der Waals surface area contributed by atoms with Crippen molar-refractivity contribution in [3.05, 3.63) is 67.1 Å². The summed E-state index contributed by atoms with van der Waals surface area (Å²) in [7, 11) is 0. The number of aromatic amines is 1. The Morgan fingerprint density at radius 3 is 2.44 bits per heavy atom. The normalized spacial score (nSPS) is 10.8. The Balaban J connectivity index is 2.23. The fraction of sp³-hybridized carbons (Fsp3) is 0. The molecule has 0 bridgehead atoms. The molecular weight excluding hydrogens is 194 g/mol. The summed E-state index contributed by atoms with van der Waals surface area (Å²) in [6.45, 7) is 4.05. The fourth-order valence-corrected chi connectivity index (χ4v) is 2.00. The highest BCUT2D eigenvalue weighted by Gasteiger charge is 2.04. The van der Waals surface area contributed by atoms with Crippen LogP contribution in [0.25, 0.3) is 22.2 Å². The summed E-state index contributed by atoms with van der Waals surface area (Å²) in [5.41, 5.74) is 4.51. The predicted molar refractivity (Wildman–Crippen MR) is 68.2 cm³/mol. The first-order chi connectivity index (χ1) is 7.84. The van der Waals surface area contributed by atoms with Gasteiger partial charge in [0.15, 0.2) is 0 Å². The van der Waals surface area contributed by atoms with Gasteiger partial charge in [0.1, 0.15) is 0 Å². The third-order valence-electron chi connectivity index (χ3n) is 2.84. The first-order valence-corrected chi connectivity index (χ1v) is 5.34. The standard InChI is InChI=1S/C15H12N/c1-11-6-2-4-8-13(11)15-10-12-7-3-5-9-14(12)16-15/h2-10,16H,1H2. The van der Waals surface area contributed by atoms with E-state index in [2.05, 4.69) is 42.2 Å². The molecule has 0 spiro atoms. The summed E-state index contributed by atoms with van der Waals surface area (Å²) < 4.78 is 0. The average molecular weight is 206 g/mol. The van der Waals surface area contributed by atoms with Crippen LogP contribution in [0.5, 0.6) is 0 Å². The van der Waals surface area contributed by atoms with Crippen LogP contribution in [0.4, 0.5) is 0 Å². The largest absolute Gasteiger partial charge is 0.355 e. The van der Waals surface area contributed by atoms with Gasteiger partial charge in [-0.1, -0.05) is 42.5 Å². The number of para-hydroxylation sites is 1. The second-order valence-corrected chi connectivity index (χ2v) is 3.93. The van der Waals surface area contributed by atoms with E-state index in [0.29, 0.717) is 0 Å². The molecule has 0 saturated heterocycles. The summed E-state index contributed by atoms with van der Waals surface area (Å²) in [6, 6.07) is 18.6. The predicted octanol–water partition coefficient (Wildman–Crippen LogP) is 4.02. The molecule has 0 aliphatic rings. The molecule has 0 unspecified atom stereocenters. The van der Waals surface area contributed by atoms with Gasteiger partial charge in [0.05, 0.1) is 0 Å². The monoisotopic (exact) mass is 206 g/mol. The van der Waals surface area contributed by atoms with Gasteiger partial charge in [0.2, 0.25) is 0 Å². The molecule has 0 aliphatic heterocycles. The van der Waals surface area contributed by atoms with E-state index >= 15 is 0 Å². The van der Waals surface area contributed by atoms with E-state index in [-0.39, 0.29) is 0 Å². The third-order valence-corrected chi connectivity index (χ3v) is 2.84. The molecule has 0 aliphatic carbocycles. The van der Waals surface area contributed by atoms with Crippen LogP contribution in [0.3, 0.4) is 0 Å². The van der Waals surface area contributed by atoms with Crippen LogP contribution in [-0.4, -0.2) is 4.98 Å². The maximum absolute atomic E-state index is 4.05. The molecule has 16 heavy (non-hydrogen) atoms. The van der Waals surface area contributed by atoms with Gasteiger partial charge in [-0.15, -0.1) is 0 Å². The van der Waals surface area contributed by atoms with Crippen molar-refractivity contribution >= 4 is 10.9 Å². The number of hydrogen-bond acceptors (Lipinski definition) is 0. The summed E-state index contributed by atoms with van der Waals surface area (Å²) in [6.07, 6.45) is 0. The Labute approximate surface area is 94.7 Å². The van der Waals surface area contributed by atoms with E-state index < -0.39 is 0 Å². The van der Waals surface area contributed by atoms with E-state index in [1.807, 2.05) is 24.3 Å². The van der Waals surface area contributed by atoms with Crippen molar-refractivity contribution < 1.29 is 0 Å². The summed E-state index contributed by atoms with van der Waals surface area (Å²) in [5, 5.41) is 1.24. The zero-order valence-electron chi connectivity index (χ0n) is 8.90. The number of aromatic nitrogens is 1. The van der Waals surface area contributed by atoms with Crippen LogP contribution < -0.4 is 0 Å². The lowest BCUT2D eigenvalue weighted by Crippen LogP contribution is -1.81. The molecule has 3 rings (SSSR count). The van der Waals surface area contributed by atoms with Gasteiger partial charge < -0.3 is 4.98 Å². The first-order valence-electron chi connectivity index (χ1n) is 5.34. The highest BCUT2D eigenvalue weighted by molar-refractivity contribution is 5.86. The van der Waals surface area contributed by atoms with E-state index in [1.54, 1.807) is 0 Å². The molecule has 2 aromatic carbocycles. The van der Waals surface area contributed by atoms with Gasteiger partial charge >= 0.3 is 0 Å². The summed E-state index contributed by atoms with van der Waals surface area (Å²) >= 11 is 0. The molecule has 1 aromatic heterocycles. The Morgan fingerprint density at radius 2 is 1.62 bits per heavy atom. The lowest BCUT2D eigenvalue weighted by molar-refractivity contribution is 1.44. The fourth-order valence-electron chi connectivity index (χ4n) is 2.00. The number of fused-ring (bicyclic) bond motifs is 1. The molecule has 0 amide bonds. The Kier molecular flexibility index (Phi) is 2.03. The van der Waals surface area contributed by atoms with E-state index in [1.165, 1.54) is 16.5 Å². The molecule has 0 fully saturated rings. The second-order valence-electron chi connectivity index (χ2n) is 3.93. The Hall–Kier alpha value is -2.02. The molecule has 1 radical (unpaired) electrons. The van der Waals surface area contributed by atoms with Gasteiger partial charge in [-0.3, -0.25) is 0 Å². The minimum absolute atomic E-state index is 1.05. The summed E-state index contributed by atoms with van der Waals surface area (Å²) in [4.78, 5) is 3.41. The highest BCUT2D eigenvalue weighted by atomic mass is 14.7. The Bertz CT molecular complexity index is 601.